The molecule has 0 aliphatic carbocycles. The van der Waals surface area contributed by atoms with Crippen LogP contribution in [0.3, 0.4) is 0 Å². The molecule has 2 aliphatic heterocycles. The first-order valence-corrected chi connectivity index (χ1v) is 11.7. The number of likely N-dealkylation sites (tertiary alicyclic amines) is 2. The average Bonchev–Trinajstić information content (AvgIpc) is 3.24. The third-order valence-electron chi connectivity index (χ3n) is 7.43. The van der Waals surface area contributed by atoms with Gasteiger partial charge in [-0.15, -0.1) is 0 Å². The van der Waals surface area contributed by atoms with Crippen LogP contribution in [0.25, 0.3) is 10.9 Å². The molecule has 5 heteroatoms. The number of H-pyrrole nitrogens is 1. The number of carbonyl (C=O) groups excluding carboxylic acids is 2. The number of rotatable bonds is 5. The van der Waals surface area contributed by atoms with Crippen LogP contribution in [0.1, 0.15) is 50.3 Å². The fourth-order valence-electron chi connectivity index (χ4n) is 5.72. The van der Waals surface area contributed by atoms with Gasteiger partial charge in [0.1, 0.15) is 0 Å². The molecule has 3 heterocycles. The second kappa shape index (κ2) is 8.12. The number of hydrogen-bond acceptors (Lipinski definition) is 2. The number of aryl methyl sites for hydroxylation is 1. The molecule has 1 atom stereocenters. The van der Waals surface area contributed by atoms with Gasteiger partial charge in [0.2, 0.25) is 11.8 Å². The maximum Gasteiger partial charge on any atom is 0.232 e. The van der Waals surface area contributed by atoms with Crippen molar-refractivity contribution in [3.8, 4) is 0 Å². The first-order valence-electron chi connectivity index (χ1n) is 11.7. The number of nitrogens with one attached hydrogen (secondary N) is 1. The van der Waals surface area contributed by atoms with Gasteiger partial charge in [-0.2, -0.15) is 0 Å². The number of nitrogens with zero attached hydrogens (tertiary/aromatic N) is 2. The van der Waals surface area contributed by atoms with Crippen molar-refractivity contribution in [1.29, 1.82) is 0 Å². The Balaban J connectivity index is 1.25. The monoisotopic (exact) mass is 429 g/mol. The van der Waals surface area contributed by atoms with Crippen LogP contribution in [0.5, 0.6) is 0 Å². The van der Waals surface area contributed by atoms with Crippen molar-refractivity contribution >= 4 is 22.7 Å². The van der Waals surface area contributed by atoms with Gasteiger partial charge in [0.25, 0.3) is 0 Å². The molecule has 0 saturated carbocycles. The molecule has 1 N–H and O–H groups in total. The summed E-state index contributed by atoms with van der Waals surface area (Å²) in [5.41, 5.74) is 3.15. The van der Waals surface area contributed by atoms with E-state index in [0.717, 1.165) is 24.8 Å². The Morgan fingerprint density at radius 2 is 1.75 bits per heavy atom. The fourth-order valence-corrected chi connectivity index (χ4v) is 5.72. The molecule has 1 spiro atoms. The minimum Gasteiger partial charge on any atom is -0.361 e. The highest BCUT2D eigenvalue weighted by atomic mass is 16.2. The Morgan fingerprint density at radius 3 is 2.47 bits per heavy atom. The Bertz CT molecular complexity index is 1130. The number of hydrogen-bond donors (Lipinski definition) is 1. The molecule has 2 amide bonds. The van der Waals surface area contributed by atoms with Gasteiger partial charge in [0.05, 0.1) is 11.5 Å². The molecule has 5 nitrogen and oxygen atoms in total. The molecule has 0 bridgehead atoms. The van der Waals surface area contributed by atoms with E-state index in [4.69, 9.17) is 0 Å². The van der Waals surface area contributed by atoms with E-state index in [1.807, 2.05) is 46.3 Å². The highest BCUT2D eigenvalue weighted by Gasteiger charge is 2.62. The molecule has 166 valence electrons. The third kappa shape index (κ3) is 3.31. The summed E-state index contributed by atoms with van der Waals surface area (Å²) in [5, 5.41) is 1.19. The summed E-state index contributed by atoms with van der Waals surface area (Å²) in [4.78, 5) is 33.5. The van der Waals surface area contributed by atoms with Crippen LogP contribution in [0.4, 0.5) is 0 Å². The third-order valence-corrected chi connectivity index (χ3v) is 7.43. The zero-order chi connectivity index (χ0) is 22.3. The van der Waals surface area contributed by atoms with Crippen LogP contribution in [0.15, 0.2) is 60.8 Å². The number of carbonyl (C=O) groups is 2. The van der Waals surface area contributed by atoms with Crippen molar-refractivity contribution in [1.82, 2.24) is 14.8 Å². The normalized spacial score (nSPS) is 20.2. The van der Waals surface area contributed by atoms with Crippen molar-refractivity contribution < 1.29 is 9.59 Å². The van der Waals surface area contributed by atoms with Crippen LogP contribution in [0, 0.1) is 5.41 Å². The number of aromatic nitrogens is 1. The topological polar surface area (TPSA) is 56.4 Å². The number of aromatic amines is 1. The molecular weight excluding hydrogens is 398 g/mol. The lowest BCUT2D eigenvalue weighted by Gasteiger charge is -2.60. The molecule has 5 rings (SSSR count). The summed E-state index contributed by atoms with van der Waals surface area (Å²) in [6.45, 7) is 5.50. The lowest BCUT2D eigenvalue weighted by atomic mass is 9.61. The van der Waals surface area contributed by atoms with Crippen molar-refractivity contribution in [2.75, 3.05) is 13.1 Å². The van der Waals surface area contributed by atoms with E-state index in [-0.39, 0.29) is 29.3 Å². The fraction of sp³-hybridized carbons (Fsp3) is 0.407. The largest absolute Gasteiger partial charge is 0.361 e. The molecule has 2 aliphatic rings. The number of piperidine rings is 1. The summed E-state index contributed by atoms with van der Waals surface area (Å²) in [7, 11) is 0. The predicted octanol–water partition coefficient (Wildman–Crippen LogP) is 4.70. The van der Waals surface area contributed by atoms with Crippen molar-refractivity contribution in [3.63, 3.8) is 0 Å². The molecule has 32 heavy (non-hydrogen) atoms. The van der Waals surface area contributed by atoms with Gasteiger partial charge in [-0.25, -0.2) is 0 Å². The summed E-state index contributed by atoms with van der Waals surface area (Å²) in [6, 6.07) is 18.9. The number of benzene rings is 2. The molecule has 1 aromatic heterocycles. The van der Waals surface area contributed by atoms with Crippen LogP contribution in [-0.2, 0) is 16.0 Å². The smallest absolute Gasteiger partial charge is 0.232 e. The second-order valence-electron chi connectivity index (χ2n) is 9.52. The Hall–Kier alpha value is -3.08. The number of para-hydroxylation sites is 1. The molecule has 2 saturated heterocycles. The standard InChI is InChI=1S/C27H31N3O2/c1-19(2)30-25(20-8-4-3-5-9-20)27(26(30)32)14-16-29(17-15-27)24(31)13-12-21-18-28-23-11-7-6-10-22(21)23/h3-11,18-19,25,28H,12-17H2,1-2H3. The molecular formula is C27H31N3O2. The Kier molecular flexibility index (Phi) is 5.28. The molecule has 0 radical (unpaired) electrons. The molecule has 3 aromatic rings. The van der Waals surface area contributed by atoms with E-state index in [0.29, 0.717) is 19.5 Å². The average molecular weight is 430 g/mol. The van der Waals surface area contributed by atoms with Gasteiger partial charge in [0, 0.05) is 42.7 Å². The van der Waals surface area contributed by atoms with Crippen LogP contribution >= 0.6 is 0 Å². The van der Waals surface area contributed by atoms with Gasteiger partial charge < -0.3 is 14.8 Å². The van der Waals surface area contributed by atoms with Gasteiger partial charge in [0.15, 0.2) is 0 Å². The highest BCUT2D eigenvalue weighted by molar-refractivity contribution is 5.91. The Morgan fingerprint density at radius 1 is 1.06 bits per heavy atom. The quantitative estimate of drug-likeness (QED) is 0.598. The zero-order valence-corrected chi connectivity index (χ0v) is 18.9. The zero-order valence-electron chi connectivity index (χ0n) is 18.9. The van der Waals surface area contributed by atoms with E-state index >= 15 is 0 Å². The van der Waals surface area contributed by atoms with Crippen LogP contribution in [-0.4, -0.2) is 45.7 Å². The summed E-state index contributed by atoms with van der Waals surface area (Å²) in [6.07, 6.45) is 4.74. The van der Waals surface area contributed by atoms with Crippen molar-refractivity contribution in [2.24, 2.45) is 5.41 Å². The molecule has 2 fully saturated rings. The lowest BCUT2D eigenvalue weighted by Crippen LogP contribution is -2.68. The second-order valence-corrected chi connectivity index (χ2v) is 9.52. The van der Waals surface area contributed by atoms with E-state index in [1.165, 1.54) is 16.5 Å². The SMILES string of the molecule is CC(C)N1C(=O)C2(CCN(C(=O)CCc3c[nH]c4ccccc34)CC2)C1c1ccccc1. The van der Waals surface area contributed by atoms with Crippen molar-refractivity contribution in [2.45, 2.75) is 51.6 Å². The van der Waals surface area contributed by atoms with E-state index in [9.17, 15) is 9.59 Å². The van der Waals surface area contributed by atoms with E-state index in [1.54, 1.807) is 0 Å². The van der Waals surface area contributed by atoms with Gasteiger partial charge >= 0.3 is 0 Å². The number of β-lactam (4-membered cyclic amide) rings is 1. The maximum absolute atomic E-state index is 13.3. The lowest BCUT2D eigenvalue weighted by molar-refractivity contribution is -0.186. The van der Waals surface area contributed by atoms with Crippen molar-refractivity contribution in [3.05, 3.63) is 71.9 Å². The summed E-state index contributed by atoms with van der Waals surface area (Å²) < 4.78 is 0. The first-order chi connectivity index (χ1) is 15.5. The number of amides is 2. The first kappa shape index (κ1) is 20.8. The van der Waals surface area contributed by atoms with Crippen LogP contribution in [0.2, 0.25) is 0 Å². The highest BCUT2D eigenvalue weighted by Crippen LogP contribution is 2.56. The molecule has 2 aromatic carbocycles. The van der Waals surface area contributed by atoms with Gasteiger partial charge in [-0.1, -0.05) is 48.5 Å². The minimum absolute atomic E-state index is 0.111. The summed E-state index contributed by atoms with van der Waals surface area (Å²) in [5.74, 6) is 0.445. The molecule has 1 unspecified atom stereocenters. The van der Waals surface area contributed by atoms with E-state index < -0.39 is 0 Å². The van der Waals surface area contributed by atoms with E-state index in [2.05, 4.69) is 43.1 Å². The Labute approximate surface area is 189 Å². The maximum atomic E-state index is 13.3. The van der Waals surface area contributed by atoms with Gasteiger partial charge in [-0.05, 0) is 50.3 Å². The van der Waals surface area contributed by atoms with Gasteiger partial charge in [-0.3, -0.25) is 9.59 Å². The van der Waals surface area contributed by atoms with Crippen LogP contribution < -0.4 is 0 Å². The summed E-state index contributed by atoms with van der Waals surface area (Å²) >= 11 is 0. The predicted molar refractivity (Wildman–Crippen MR) is 126 cm³/mol. The minimum atomic E-state index is -0.362. The number of fused-ring (bicyclic) bond motifs is 1.